The van der Waals surface area contributed by atoms with Crippen LogP contribution in [-0.4, -0.2) is 27.1 Å². The predicted molar refractivity (Wildman–Crippen MR) is 118 cm³/mol. The lowest BCUT2D eigenvalue weighted by molar-refractivity contribution is -0.118. The Labute approximate surface area is 182 Å². The molecule has 1 N–H and O–H groups in total. The Bertz CT molecular complexity index is 1300. The van der Waals surface area contributed by atoms with E-state index in [2.05, 4.69) is 15.4 Å². The Kier molecular flexibility index (Phi) is 5.94. The number of hydrogen-bond donors (Lipinski definition) is 1. The lowest BCUT2D eigenvalue weighted by Crippen LogP contribution is -2.20. The van der Waals surface area contributed by atoms with Crippen LogP contribution in [0.4, 0.5) is 5.69 Å². The third kappa shape index (κ3) is 5.07. The molecule has 2 heterocycles. The minimum Gasteiger partial charge on any atom is -0.487 e. The first-order chi connectivity index (χ1) is 15.0. The summed E-state index contributed by atoms with van der Waals surface area (Å²) in [5, 5.41) is 7.67. The van der Waals surface area contributed by atoms with Crippen LogP contribution in [0.2, 0.25) is 0 Å². The topological polar surface area (TPSA) is 94.8 Å². The molecular weight excluding hydrogens is 416 g/mol. The molecule has 0 saturated heterocycles. The molecule has 0 unspecified atom stereocenters. The van der Waals surface area contributed by atoms with Crippen molar-refractivity contribution in [3.05, 3.63) is 81.2 Å². The number of nitrogens with zero attached hydrogens (tertiary/aromatic N) is 3. The summed E-state index contributed by atoms with van der Waals surface area (Å²) in [4.78, 5) is 29.3. The fourth-order valence-corrected chi connectivity index (χ4v) is 3.67. The number of amides is 1. The maximum Gasteiger partial charge on any atom is 0.275 e. The number of para-hydroxylation sites is 1. The van der Waals surface area contributed by atoms with Crippen LogP contribution in [0, 0.1) is 13.8 Å². The number of carbonyl (C=O) groups is 1. The maximum absolute atomic E-state index is 12.2. The number of anilines is 1. The van der Waals surface area contributed by atoms with E-state index < -0.39 is 0 Å². The SMILES string of the molecule is Cc1nn2c(=O)cc(COc3cccc(NC(=O)COc4ccccc4C)c3)nc2s1. The van der Waals surface area contributed by atoms with Gasteiger partial charge in [0.1, 0.15) is 23.1 Å². The van der Waals surface area contributed by atoms with Gasteiger partial charge in [0, 0.05) is 17.8 Å². The van der Waals surface area contributed by atoms with Gasteiger partial charge in [0.15, 0.2) is 6.61 Å². The fraction of sp³-hybridized carbons (Fsp3) is 0.182. The molecule has 4 aromatic rings. The van der Waals surface area contributed by atoms with Crippen LogP contribution in [0.5, 0.6) is 11.5 Å². The lowest BCUT2D eigenvalue weighted by atomic mass is 10.2. The zero-order valence-electron chi connectivity index (χ0n) is 17.0. The van der Waals surface area contributed by atoms with Crippen molar-refractivity contribution in [3.8, 4) is 11.5 Å². The molecule has 0 aliphatic heterocycles. The van der Waals surface area contributed by atoms with E-state index in [4.69, 9.17) is 9.47 Å². The van der Waals surface area contributed by atoms with Crippen molar-refractivity contribution in [2.75, 3.05) is 11.9 Å². The van der Waals surface area contributed by atoms with E-state index in [1.807, 2.05) is 38.1 Å². The lowest BCUT2D eigenvalue weighted by Gasteiger charge is -2.11. The van der Waals surface area contributed by atoms with Crippen LogP contribution in [0.3, 0.4) is 0 Å². The molecule has 4 rings (SSSR count). The van der Waals surface area contributed by atoms with Crippen molar-refractivity contribution in [1.29, 1.82) is 0 Å². The van der Waals surface area contributed by atoms with Crippen LogP contribution >= 0.6 is 11.3 Å². The molecule has 158 valence electrons. The molecule has 0 aliphatic rings. The van der Waals surface area contributed by atoms with Crippen molar-refractivity contribution in [2.45, 2.75) is 20.5 Å². The molecule has 0 spiro atoms. The van der Waals surface area contributed by atoms with Gasteiger partial charge in [-0.2, -0.15) is 9.61 Å². The largest absolute Gasteiger partial charge is 0.487 e. The monoisotopic (exact) mass is 436 g/mol. The number of fused-ring (bicyclic) bond motifs is 1. The molecule has 0 saturated carbocycles. The van der Waals surface area contributed by atoms with Gasteiger partial charge in [-0.3, -0.25) is 9.59 Å². The molecule has 1 amide bonds. The minimum atomic E-state index is -0.277. The van der Waals surface area contributed by atoms with E-state index >= 15 is 0 Å². The Morgan fingerprint density at radius 2 is 1.94 bits per heavy atom. The summed E-state index contributed by atoms with van der Waals surface area (Å²) in [6.45, 7) is 3.76. The zero-order valence-corrected chi connectivity index (χ0v) is 17.8. The van der Waals surface area contributed by atoms with Gasteiger partial charge in [-0.15, -0.1) is 0 Å². The van der Waals surface area contributed by atoms with Gasteiger partial charge in [0.2, 0.25) is 4.96 Å². The van der Waals surface area contributed by atoms with Gasteiger partial charge in [0.05, 0.1) is 5.69 Å². The van der Waals surface area contributed by atoms with Gasteiger partial charge in [-0.05, 0) is 37.6 Å². The quantitative estimate of drug-likeness (QED) is 0.477. The third-order valence-corrected chi connectivity index (χ3v) is 5.18. The summed E-state index contributed by atoms with van der Waals surface area (Å²) >= 11 is 1.34. The molecule has 0 aliphatic carbocycles. The number of nitrogens with one attached hydrogen (secondary N) is 1. The van der Waals surface area contributed by atoms with Crippen molar-refractivity contribution in [2.24, 2.45) is 0 Å². The van der Waals surface area contributed by atoms with E-state index in [9.17, 15) is 9.59 Å². The number of aromatic nitrogens is 3. The van der Waals surface area contributed by atoms with Crippen LogP contribution in [-0.2, 0) is 11.4 Å². The number of aryl methyl sites for hydroxylation is 2. The van der Waals surface area contributed by atoms with Gasteiger partial charge < -0.3 is 14.8 Å². The summed E-state index contributed by atoms with van der Waals surface area (Å²) in [5.74, 6) is 0.937. The van der Waals surface area contributed by atoms with Crippen molar-refractivity contribution in [3.63, 3.8) is 0 Å². The molecule has 2 aromatic carbocycles. The smallest absolute Gasteiger partial charge is 0.275 e. The summed E-state index contributed by atoms with van der Waals surface area (Å²) in [6.07, 6.45) is 0. The second-order valence-electron chi connectivity index (χ2n) is 6.82. The standard InChI is InChI=1S/C22H20N4O4S/c1-14-6-3-4-9-19(14)30-13-20(27)23-16-7-5-8-18(10-16)29-12-17-11-21(28)26-22(24-17)31-15(2)25-26/h3-11H,12-13H2,1-2H3,(H,23,27). The van der Waals surface area contributed by atoms with E-state index in [1.54, 1.807) is 24.3 Å². The van der Waals surface area contributed by atoms with E-state index in [0.717, 1.165) is 10.6 Å². The number of rotatable bonds is 7. The van der Waals surface area contributed by atoms with Crippen molar-refractivity contribution < 1.29 is 14.3 Å². The van der Waals surface area contributed by atoms with E-state index in [0.29, 0.717) is 27.8 Å². The molecule has 9 heteroatoms. The van der Waals surface area contributed by atoms with E-state index in [-0.39, 0.29) is 24.7 Å². The van der Waals surface area contributed by atoms with Gasteiger partial charge >= 0.3 is 0 Å². The Balaban J connectivity index is 1.36. The highest BCUT2D eigenvalue weighted by molar-refractivity contribution is 7.16. The second-order valence-corrected chi connectivity index (χ2v) is 7.98. The van der Waals surface area contributed by atoms with Crippen LogP contribution in [0.25, 0.3) is 4.96 Å². The Morgan fingerprint density at radius 1 is 1.10 bits per heavy atom. The normalized spacial score (nSPS) is 10.8. The van der Waals surface area contributed by atoms with Crippen LogP contribution in [0.1, 0.15) is 16.3 Å². The zero-order chi connectivity index (χ0) is 21.8. The van der Waals surface area contributed by atoms with Crippen LogP contribution < -0.4 is 20.3 Å². The van der Waals surface area contributed by atoms with Gasteiger partial charge in [-0.25, -0.2) is 4.98 Å². The number of ether oxygens (including phenoxy) is 2. The summed E-state index contributed by atoms with van der Waals surface area (Å²) in [7, 11) is 0. The molecule has 0 radical (unpaired) electrons. The molecule has 2 aromatic heterocycles. The van der Waals surface area contributed by atoms with E-state index in [1.165, 1.54) is 21.9 Å². The highest BCUT2D eigenvalue weighted by atomic mass is 32.1. The molecule has 0 atom stereocenters. The number of carbonyl (C=O) groups excluding carboxylic acids is 1. The Morgan fingerprint density at radius 3 is 2.77 bits per heavy atom. The minimum absolute atomic E-state index is 0.0991. The summed E-state index contributed by atoms with van der Waals surface area (Å²) in [5.41, 5.74) is 1.81. The van der Waals surface area contributed by atoms with Gasteiger partial charge in [-0.1, -0.05) is 35.6 Å². The average Bonchev–Trinajstić information content (AvgIpc) is 3.13. The first kappa shape index (κ1) is 20.5. The average molecular weight is 436 g/mol. The summed E-state index contributed by atoms with van der Waals surface area (Å²) in [6, 6.07) is 15.9. The Hall–Kier alpha value is -3.72. The fourth-order valence-electron chi connectivity index (χ4n) is 2.91. The summed E-state index contributed by atoms with van der Waals surface area (Å²) < 4.78 is 12.6. The number of hydrogen-bond acceptors (Lipinski definition) is 7. The first-order valence-electron chi connectivity index (χ1n) is 9.55. The molecule has 0 fully saturated rings. The number of benzene rings is 2. The third-order valence-electron chi connectivity index (χ3n) is 4.36. The highest BCUT2D eigenvalue weighted by Gasteiger charge is 2.09. The highest BCUT2D eigenvalue weighted by Crippen LogP contribution is 2.19. The molecule has 8 nitrogen and oxygen atoms in total. The maximum atomic E-state index is 12.2. The molecule has 31 heavy (non-hydrogen) atoms. The molecule has 0 bridgehead atoms. The predicted octanol–water partition coefficient (Wildman–Crippen LogP) is 3.36. The second kappa shape index (κ2) is 8.97. The van der Waals surface area contributed by atoms with Crippen molar-refractivity contribution in [1.82, 2.24) is 14.6 Å². The van der Waals surface area contributed by atoms with Gasteiger partial charge in [0.25, 0.3) is 11.5 Å². The van der Waals surface area contributed by atoms with Crippen molar-refractivity contribution >= 4 is 27.9 Å². The first-order valence-corrected chi connectivity index (χ1v) is 10.4. The molecular formula is C22H20N4O4S. The van der Waals surface area contributed by atoms with Crippen LogP contribution in [0.15, 0.2) is 59.4 Å².